The van der Waals surface area contributed by atoms with Crippen LogP contribution in [0.4, 0.5) is 0 Å². The summed E-state index contributed by atoms with van der Waals surface area (Å²) < 4.78 is 10.4. The molecule has 1 aliphatic rings. The van der Waals surface area contributed by atoms with Crippen molar-refractivity contribution in [2.75, 3.05) is 6.79 Å². The van der Waals surface area contributed by atoms with E-state index in [2.05, 4.69) is 5.32 Å². The molecule has 0 bridgehead atoms. The molecule has 1 aromatic carbocycles. The zero-order chi connectivity index (χ0) is 9.10. The molecule has 68 valence electrons. The van der Waals surface area contributed by atoms with Crippen LogP contribution in [0.25, 0.3) is 0 Å². The molecule has 0 radical (unpaired) electrons. The van der Waals surface area contributed by atoms with Gasteiger partial charge in [-0.2, -0.15) is 0 Å². The van der Waals surface area contributed by atoms with Crippen LogP contribution in [0, 0.1) is 0 Å². The van der Waals surface area contributed by atoms with Gasteiger partial charge in [-0.15, -0.1) is 0 Å². The number of amides is 1. The van der Waals surface area contributed by atoms with Gasteiger partial charge in [0.15, 0.2) is 11.5 Å². The summed E-state index contributed by atoms with van der Waals surface area (Å²) >= 11 is 0. The average Bonchev–Trinajstić information content (AvgIpc) is 2.62. The molecule has 0 aliphatic carbocycles. The number of hydrogen-bond acceptors (Lipinski definition) is 3. The molecule has 1 aliphatic heterocycles. The molecule has 0 aromatic heterocycles. The fourth-order valence-electron chi connectivity index (χ4n) is 1.28. The van der Waals surface area contributed by atoms with Gasteiger partial charge in [-0.1, -0.05) is 12.1 Å². The van der Waals surface area contributed by atoms with Gasteiger partial charge in [0.2, 0.25) is 13.2 Å². The van der Waals surface area contributed by atoms with Gasteiger partial charge in [0.05, 0.1) is 0 Å². The number of carbonyl (C=O) groups is 1. The highest BCUT2D eigenvalue weighted by Crippen LogP contribution is 2.34. The standard InChI is InChI=1S/C9H9NO3/c11-5-10-4-7-2-1-3-8-9(7)13-6-12-8/h1-3,5H,4,6H2,(H,10,11). The molecule has 0 unspecified atom stereocenters. The fraction of sp³-hybridized carbons (Fsp3) is 0.222. The van der Waals surface area contributed by atoms with Crippen molar-refractivity contribution in [3.63, 3.8) is 0 Å². The number of carbonyl (C=O) groups excluding carboxylic acids is 1. The largest absolute Gasteiger partial charge is 0.454 e. The average molecular weight is 179 g/mol. The number of benzene rings is 1. The predicted molar refractivity (Wildman–Crippen MR) is 45.5 cm³/mol. The maximum Gasteiger partial charge on any atom is 0.231 e. The van der Waals surface area contributed by atoms with E-state index in [9.17, 15) is 4.79 Å². The smallest absolute Gasteiger partial charge is 0.231 e. The molecule has 0 saturated heterocycles. The van der Waals surface area contributed by atoms with Crippen molar-refractivity contribution in [2.24, 2.45) is 0 Å². The minimum absolute atomic E-state index is 0.257. The van der Waals surface area contributed by atoms with Crippen molar-refractivity contribution in [1.29, 1.82) is 0 Å². The number of para-hydroxylation sites is 1. The Balaban J connectivity index is 2.25. The SMILES string of the molecule is O=CNCc1cccc2c1OCO2. The zero-order valence-corrected chi connectivity index (χ0v) is 6.95. The van der Waals surface area contributed by atoms with Gasteiger partial charge < -0.3 is 14.8 Å². The quantitative estimate of drug-likeness (QED) is 0.693. The van der Waals surface area contributed by atoms with Crippen LogP contribution in [0.3, 0.4) is 0 Å². The molecular formula is C9H9NO3. The van der Waals surface area contributed by atoms with Crippen molar-refractivity contribution in [3.8, 4) is 11.5 Å². The molecule has 0 saturated carbocycles. The van der Waals surface area contributed by atoms with Crippen molar-refractivity contribution < 1.29 is 14.3 Å². The van der Waals surface area contributed by atoms with E-state index in [0.29, 0.717) is 13.0 Å². The second kappa shape index (κ2) is 3.35. The van der Waals surface area contributed by atoms with Crippen LogP contribution in [0.15, 0.2) is 18.2 Å². The molecule has 1 aromatic rings. The number of hydrogen-bond donors (Lipinski definition) is 1. The highest BCUT2D eigenvalue weighted by atomic mass is 16.7. The van der Waals surface area contributed by atoms with E-state index in [1.165, 1.54) is 0 Å². The summed E-state index contributed by atoms with van der Waals surface area (Å²) in [7, 11) is 0. The number of nitrogens with one attached hydrogen (secondary N) is 1. The summed E-state index contributed by atoms with van der Waals surface area (Å²) in [6.07, 6.45) is 0.662. The summed E-state index contributed by atoms with van der Waals surface area (Å²) in [4.78, 5) is 10.1. The first-order valence-electron chi connectivity index (χ1n) is 3.96. The van der Waals surface area contributed by atoms with Crippen molar-refractivity contribution >= 4 is 6.41 Å². The first kappa shape index (κ1) is 7.91. The lowest BCUT2D eigenvalue weighted by molar-refractivity contribution is -0.109. The first-order valence-corrected chi connectivity index (χ1v) is 3.96. The van der Waals surface area contributed by atoms with E-state index in [1.807, 2.05) is 18.2 Å². The summed E-state index contributed by atoms with van der Waals surface area (Å²) in [5.41, 5.74) is 0.933. The molecule has 0 fully saturated rings. The van der Waals surface area contributed by atoms with Crippen molar-refractivity contribution in [3.05, 3.63) is 23.8 Å². The molecule has 0 spiro atoms. The zero-order valence-electron chi connectivity index (χ0n) is 6.95. The molecule has 4 heteroatoms. The summed E-state index contributed by atoms with van der Waals surface area (Å²) in [5, 5.41) is 2.58. The molecule has 4 nitrogen and oxygen atoms in total. The Morgan fingerprint density at radius 3 is 3.23 bits per heavy atom. The molecule has 1 heterocycles. The van der Waals surface area contributed by atoms with Gasteiger partial charge in [-0.25, -0.2) is 0 Å². The fourth-order valence-corrected chi connectivity index (χ4v) is 1.28. The third-order valence-corrected chi connectivity index (χ3v) is 1.85. The van der Waals surface area contributed by atoms with Crippen molar-refractivity contribution in [1.82, 2.24) is 5.32 Å². The maximum absolute atomic E-state index is 10.1. The highest BCUT2D eigenvalue weighted by Gasteiger charge is 2.16. The molecule has 13 heavy (non-hydrogen) atoms. The van der Waals surface area contributed by atoms with Gasteiger partial charge in [-0.3, -0.25) is 4.79 Å². The van der Waals surface area contributed by atoms with E-state index in [1.54, 1.807) is 0 Å². The Morgan fingerprint density at radius 1 is 1.46 bits per heavy atom. The Morgan fingerprint density at radius 2 is 2.38 bits per heavy atom. The van der Waals surface area contributed by atoms with Crippen LogP contribution >= 0.6 is 0 Å². The van der Waals surface area contributed by atoms with E-state index in [0.717, 1.165) is 17.1 Å². The number of rotatable bonds is 3. The van der Waals surface area contributed by atoms with Crippen molar-refractivity contribution in [2.45, 2.75) is 6.54 Å². The third kappa shape index (κ3) is 1.42. The molecule has 2 rings (SSSR count). The van der Waals surface area contributed by atoms with Gasteiger partial charge in [0.25, 0.3) is 0 Å². The molecule has 1 amide bonds. The lowest BCUT2D eigenvalue weighted by atomic mass is 10.2. The Bertz CT molecular complexity index is 325. The normalized spacial score (nSPS) is 12.6. The van der Waals surface area contributed by atoms with Gasteiger partial charge >= 0.3 is 0 Å². The van der Waals surface area contributed by atoms with E-state index >= 15 is 0 Å². The maximum atomic E-state index is 10.1. The monoisotopic (exact) mass is 179 g/mol. The second-order valence-electron chi connectivity index (χ2n) is 2.65. The van der Waals surface area contributed by atoms with Gasteiger partial charge in [-0.05, 0) is 6.07 Å². The highest BCUT2D eigenvalue weighted by molar-refractivity contribution is 5.51. The molecule has 0 atom stereocenters. The predicted octanol–water partition coefficient (Wildman–Crippen LogP) is 0.661. The van der Waals surface area contributed by atoms with Crippen LogP contribution in [0.2, 0.25) is 0 Å². The third-order valence-electron chi connectivity index (χ3n) is 1.85. The van der Waals surface area contributed by atoms with Crippen LogP contribution < -0.4 is 14.8 Å². The Labute approximate surface area is 75.5 Å². The van der Waals surface area contributed by atoms with Gasteiger partial charge in [0, 0.05) is 12.1 Å². The number of ether oxygens (including phenoxy) is 2. The van der Waals surface area contributed by atoms with E-state index in [-0.39, 0.29) is 6.79 Å². The van der Waals surface area contributed by atoms with Crippen LogP contribution in [-0.4, -0.2) is 13.2 Å². The summed E-state index contributed by atoms with van der Waals surface area (Å²) in [5.74, 6) is 1.47. The Hall–Kier alpha value is -1.71. The lowest BCUT2D eigenvalue weighted by Crippen LogP contribution is -2.10. The number of fused-ring (bicyclic) bond motifs is 1. The van der Waals surface area contributed by atoms with Crippen LogP contribution in [0.5, 0.6) is 11.5 Å². The summed E-state index contributed by atoms with van der Waals surface area (Å²) in [6, 6.07) is 5.60. The topological polar surface area (TPSA) is 47.6 Å². The lowest BCUT2D eigenvalue weighted by Gasteiger charge is -2.03. The second-order valence-corrected chi connectivity index (χ2v) is 2.65. The Kier molecular flexibility index (Phi) is 2.04. The molecular weight excluding hydrogens is 170 g/mol. The minimum atomic E-state index is 0.257. The van der Waals surface area contributed by atoms with Crippen LogP contribution in [-0.2, 0) is 11.3 Å². The molecule has 1 N–H and O–H groups in total. The minimum Gasteiger partial charge on any atom is -0.454 e. The van der Waals surface area contributed by atoms with Crippen LogP contribution in [0.1, 0.15) is 5.56 Å². The summed E-state index contributed by atoms with van der Waals surface area (Å²) in [6.45, 7) is 0.726. The van der Waals surface area contributed by atoms with E-state index < -0.39 is 0 Å². The van der Waals surface area contributed by atoms with Gasteiger partial charge in [0.1, 0.15) is 0 Å². The first-order chi connectivity index (χ1) is 6.42. The van der Waals surface area contributed by atoms with E-state index in [4.69, 9.17) is 9.47 Å².